The molecule has 1 fully saturated rings. The molecule has 1 amide bonds. The third-order valence-corrected chi connectivity index (χ3v) is 6.65. The number of hydrogen-bond acceptors (Lipinski definition) is 6. The Hall–Kier alpha value is -2.84. The van der Waals surface area contributed by atoms with Gasteiger partial charge in [-0.25, -0.2) is 4.98 Å². The Labute approximate surface area is 185 Å². The molecular formula is C23H26N4O3S. The fourth-order valence-electron chi connectivity index (χ4n) is 3.72. The number of carbonyl (C=O) groups excluding carboxylic acids is 1. The van der Waals surface area contributed by atoms with E-state index in [1.165, 1.54) is 11.8 Å². The fourth-order valence-corrected chi connectivity index (χ4v) is 4.96. The predicted molar refractivity (Wildman–Crippen MR) is 123 cm³/mol. The number of hydrogen-bond donors (Lipinski definition) is 1. The van der Waals surface area contributed by atoms with Crippen molar-refractivity contribution in [3.8, 4) is 5.75 Å². The quantitative estimate of drug-likeness (QED) is 0.471. The number of benzene rings is 2. The smallest absolute Gasteiger partial charge is 0.262 e. The van der Waals surface area contributed by atoms with Gasteiger partial charge in [-0.3, -0.25) is 14.2 Å². The van der Waals surface area contributed by atoms with Crippen molar-refractivity contribution in [2.45, 2.75) is 23.9 Å². The van der Waals surface area contributed by atoms with Gasteiger partial charge in [0.15, 0.2) is 5.16 Å². The third-order valence-electron chi connectivity index (χ3n) is 5.42. The van der Waals surface area contributed by atoms with E-state index in [1.54, 1.807) is 29.9 Å². The van der Waals surface area contributed by atoms with Crippen molar-refractivity contribution in [2.24, 2.45) is 0 Å². The molecule has 3 aromatic rings. The zero-order chi connectivity index (χ0) is 21.8. The first-order chi connectivity index (χ1) is 15.1. The summed E-state index contributed by atoms with van der Waals surface area (Å²) in [5.74, 6) is 0.662. The van der Waals surface area contributed by atoms with Crippen LogP contribution >= 0.6 is 11.8 Å². The van der Waals surface area contributed by atoms with Crippen molar-refractivity contribution in [2.75, 3.05) is 33.3 Å². The molecule has 0 saturated carbocycles. The minimum atomic E-state index is -0.473. The Morgan fingerprint density at radius 1 is 1.19 bits per heavy atom. The Bertz CT molecular complexity index is 1130. The molecule has 2 heterocycles. The minimum Gasteiger partial charge on any atom is -0.497 e. The SMILES string of the molecule is CCn1c(SC(C(=O)N2CCNCC2)c2ccccc2)nc2ccc(OC)cc2c1=O. The van der Waals surface area contributed by atoms with Crippen LogP contribution in [0.25, 0.3) is 10.9 Å². The third kappa shape index (κ3) is 4.45. The van der Waals surface area contributed by atoms with Gasteiger partial charge in [-0.15, -0.1) is 0 Å². The molecule has 0 spiro atoms. The molecule has 4 rings (SSSR count). The molecule has 1 N–H and O–H groups in total. The van der Waals surface area contributed by atoms with Crippen molar-refractivity contribution in [3.63, 3.8) is 0 Å². The van der Waals surface area contributed by atoms with E-state index in [0.717, 1.165) is 18.7 Å². The monoisotopic (exact) mass is 438 g/mol. The number of nitrogens with one attached hydrogen (secondary N) is 1. The lowest BCUT2D eigenvalue weighted by Gasteiger charge is -2.31. The number of thioether (sulfide) groups is 1. The van der Waals surface area contributed by atoms with E-state index in [1.807, 2.05) is 42.2 Å². The first-order valence-electron chi connectivity index (χ1n) is 10.4. The maximum atomic E-state index is 13.5. The molecule has 31 heavy (non-hydrogen) atoms. The van der Waals surface area contributed by atoms with Gasteiger partial charge < -0.3 is 15.0 Å². The van der Waals surface area contributed by atoms with Gasteiger partial charge in [0.2, 0.25) is 5.91 Å². The van der Waals surface area contributed by atoms with Crippen LogP contribution in [0, 0.1) is 0 Å². The van der Waals surface area contributed by atoms with Crippen LogP contribution in [-0.4, -0.2) is 53.6 Å². The molecule has 8 heteroatoms. The molecule has 1 aliphatic rings. The van der Waals surface area contributed by atoms with Gasteiger partial charge in [-0.1, -0.05) is 42.1 Å². The summed E-state index contributed by atoms with van der Waals surface area (Å²) in [6, 6.07) is 15.0. The molecule has 1 aliphatic heterocycles. The highest BCUT2D eigenvalue weighted by Gasteiger charge is 2.29. The van der Waals surface area contributed by atoms with Crippen molar-refractivity contribution in [1.29, 1.82) is 0 Å². The second-order valence-corrected chi connectivity index (χ2v) is 8.38. The number of ether oxygens (including phenoxy) is 1. The van der Waals surface area contributed by atoms with Crippen LogP contribution in [0.1, 0.15) is 17.7 Å². The van der Waals surface area contributed by atoms with E-state index in [2.05, 4.69) is 5.32 Å². The highest BCUT2D eigenvalue weighted by Crippen LogP contribution is 2.36. The summed E-state index contributed by atoms with van der Waals surface area (Å²) in [5.41, 5.74) is 1.37. The number of carbonyl (C=O) groups is 1. The number of fused-ring (bicyclic) bond motifs is 1. The average molecular weight is 439 g/mol. The van der Waals surface area contributed by atoms with Crippen LogP contribution in [0.15, 0.2) is 58.5 Å². The zero-order valence-electron chi connectivity index (χ0n) is 17.7. The van der Waals surface area contributed by atoms with E-state index >= 15 is 0 Å². The number of amides is 1. The van der Waals surface area contributed by atoms with Crippen LogP contribution in [0.5, 0.6) is 5.75 Å². The number of rotatable bonds is 6. The van der Waals surface area contributed by atoms with Crippen molar-refractivity contribution in [1.82, 2.24) is 19.8 Å². The molecule has 0 bridgehead atoms. The normalized spacial score (nSPS) is 15.1. The maximum absolute atomic E-state index is 13.5. The lowest BCUT2D eigenvalue weighted by Crippen LogP contribution is -2.47. The van der Waals surface area contributed by atoms with Crippen LogP contribution in [0.2, 0.25) is 0 Å². The summed E-state index contributed by atoms with van der Waals surface area (Å²) in [6.07, 6.45) is 0. The van der Waals surface area contributed by atoms with Crippen LogP contribution in [0.3, 0.4) is 0 Å². The first-order valence-corrected chi connectivity index (χ1v) is 11.3. The van der Waals surface area contributed by atoms with Gasteiger partial charge in [0.05, 0.1) is 18.0 Å². The van der Waals surface area contributed by atoms with E-state index in [-0.39, 0.29) is 11.5 Å². The molecule has 7 nitrogen and oxygen atoms in total. The predicted octanol–water partition coefficient (Wildman–Crippen LogP) is 2.69. The number of nitrogens with zero attached hydrogens (tertiary/aromatic N) is 3. The standard InChI is InChI=1S/C23H26N4O3S/c1-3-27-21(28)18-15-17(30-2)9-10-19(18)25-23(27)31-20(16-7-5-4-6-8-16)22(29)26-13-11-24-12-14-26/h4-10,15,20,24H,3,11-14H2,1-2H3. The first kappa shape index (κ1) is 21.4. The molecule has 162 valence electrons. The molecular weight excluding hydrogens is 412 g/mol. The van der Waals surface area contributed by atoms with Gasteiger partial charge in [-0.2, -0.15) is 0 Å². The second-order valence-electron chi connectivity index (χ2n) is 7.31. The number of methoxy groups -OCH3 is 1. The highest BCUT2D eigenvalue weighted by molar-refractivity contribution is 8.00. The maximum Gasteiger partial charge on any atom is 0.262 e. The molecule has 0 radical (unpaired) electrons. The van der Waals surface area contributed by atoms with Crippen molar-refractivity contribution in [3.05, 3.63) is 64.4 Å². The van der Waals surface area contributed by atoms with Crippen LogP contribution < -0.4 is 15.6 Å². The Morgan fingerprint density at radius 2 is 1.94 bits per heavy atom. The molecule has 2 aromatic carbocycles. The van der Waals surface area contributed by atoms with Crippen LogP contribution in [-0.2, 0) is 11.3 Å². The summed E-state index contributed by atoms with van der Waals surface area (Å²) in [6.45, 7) is 5.29. The zero-order valence-corrected chi connectivity index (χ0v) is 18.5. The molecule has 1 unspecified atom stereocenters. The van der Waals surface area contributed by atoms with E-state index in [0.29, 0.717) is 41.4 Å². The molecule has 1 aromatic heterocycles. The summed E-state index contributed by atoms with van der Waals surface area (Å²) in [5, 5.41) is 3.87. The molecule has 0 aliphatic carbocycles. The summed E-state index contributed by atoms with van der Waals surface area (Å²) >= 11 is 1.34. The van der Waals surface area contributed by atoms with Crippen LogP contribution in [0.4, 0.5) is 0 Å². The number of aromatic nitrogens is 2. The van der Waals surface area contributed by atoms with Gasteiger partial charge in [0.25, 0.3) is 5.56 Å². The fraction of sp³-hybridized carbons (Fsp3) is 0.348. The topological polar surface area (TPSA) is 76.5 Å². The lowest BCUT2D eigenvalue weighted by molar-refractivity contribution is -0.131. The van der Waals surface area contributed by atoms with Gasteiger partial charge in [-0.05, 0) is 30.7 Å². The van der Waals surface area contributed by atoms with Gasteiger partial charge >= 0.3 is 0 Å². The minimum absolute atomic E-state index is 0.0458. The lowest BCUT2D eigenvalue weighted by atomic mass is 10.1. The summed E-state index contributed by atoms with van der Waals surface area (Å²) in [7, 11) is 1.57. The second kappa shape index (κ2) is 9.53. The molecule has 1 saturated heterocycles. The van der Waals surface area contributed by atoms with Crippen molar-refractivity contribution < 1.29 is 9.53 Å². The van der Waals surface area contributed by atoms with E-state index < -0.39 is 5.25 Å². The largest absolute Gasteiger partial charge is 0.497 e. The highest BCUT2D eigenvalue weighted by atomic mass is 32.2. The average Bonchev–Trinajstić information content (AvgIpc) is 2.83. The van der Waals surface area contributed by atoms with Gasteiger partial charge in [0, 0.05) is 32.7 Å². The Kier molecular flexibility index (Phi) is 6.58. The van der Waals surface area contributed by atoms with E-state index in [9.17, 15) is 9.59 Å². The van der Waals surface area contributed by atoms with E-state index in [4.69, 9.17) is 9.72 Å². The van der Waals surface area contributed by atoms with Gasteiger partial charge in [0.1, 0.15) is 11.0 Å². The Balaban J connectivity index is 1.77. The summed E-state index contributed by atoms with van der Waals surface area (Å²) < 4.78 is 6.90. The van der Waals surface area contributed by atoms with Crippen molar-refractivity contribution >= 4 is 28.6 Å². The molecule has 1 atom stereocenters. The number of piperazine rings is 1. The summed E-state index contributed by atoms with van der Waals surface area (Å²) in [4.78, 5) is 33.3. The Morgan fingerprint density at radius 3 is 2.61 bits per heavy atom.